The van der Waals surface area contributed by atoms with Gasteiger partial charge in [0.15, 0.2) is 12.1 Å². The minimum Gasteiger partial charge on any atom is -0.509 e. The number of carbonyl (C=O) groups excluding carboxylic acids is 1. The Hall–Kier alpha value is -1.64. The molecule has 152 valence electrons. The molecule has 1 saturated carbocycles. The zero-order chi connectivity index (χ0) is 19.9. The Bertz CT molecular complexity index is 794. The van der Waals surface area contributed by atoms with E-state index in [0.29, 0.717) is 49.5 Å². The number of amides is 1. The van der Waals surface area contributed by atoms with Crippen LogP contribution in [0.4, 0.5) is 0 Å². The molecule has 2 fully saturated rings. The highest BCUT2D eigenvalue weighted by molar-refractivity contribution is 6.35. The molecule has 2 heterocycles. The minimum absolute atomic E-state index is 0.0262. The first kappa shape index (κ1) is 19.7. The second kappa shape index (κ2) is 7.31. The summed E-state index contributed by atoms with van der Waals surface area (Å²) in [5, 5.41) is 12.9. The van der Waals surface area contributed by atoms with Gasteiger partial charge in [0, 0.05) is 30.5 Å². The molecule has 1 atom stereocenters. The number of aliphatic hydroxyl groups excluding tert-OH is 1. The van der Waals surface area contributed by atoms with Gasteiger partial charge in [0.05, 0.1) is 18.8 Å². The molecule has 1 aromatic carbocycles. The Morgan fingerprint density at radius 3 is 2.43 bits per heavy atom. The van der Waals surface area contributed by atoms with Crippen molar-refractivity contribution in [3.05, 3.63) is 40.6 Å². The maximum absolute atomic E-state index is 13.3. The topological polar surface area (TPSA) is 77.5 Å². The lowest BCUT2D eigenvalue weighted by molar-refractivity contribution is -0.294. The molecule has 1 unspecified atom stereocenters. The molecule has 1 aromatic rings. The van der Waals surface area contributed by atoms with E-state index in [1.807, 2.05) is 0 Å². The van der Waals surface area contributed by atoms with Crippen LogP contribution in [-0.4, -0.2) is 54.0 Å². The number of benzene rings is 1. The van der Waals surface area contributed by atoms with Crippen LogP contribution in [0.2, 0.25) is 5.02 Å². The fourth-order valence-corrected chi connectivity index (χ4v) is 4.47. The summed E-state index contributed by atoms with van der Waals surface area (Å²) < 4.78 is 16.8. The average molecular weight is 410 g/mol. The number of hydrogen-bond acceptors (Lipinski definition) is 6. The molecule has 4 rings (SSSR count). The number of methoxy groups -OCH3 is 1. The molecule has 7 nitrogen and oxygen atoms in total. The van der Waals surface area contributed by atoms with Crippen molar-refractivity contribution < 1.29 is 28.9 Å². The molecular formula is C20H24ClNO6. The number of carbonyl (C=O) groups is 1. The molecule has 0 aromatic heterocycles. The molecule has 1 amide bonds. The number of ether oxygens (including phenoxy) is 3. The normalized spacial score (nSPS) is 24.5. The lowest BCUT2D eigenvalue weighted by Gasteiger charge is -2.45. The van der Waals surface area contributed by atoms with Crippen LogP contribution in [0, 0.1) is 0 Å². The van der Waals surface area contributed by atoms with Crippen molar-refractivity contribution in [2.75, 3.05) is 20.3 Å². The SMILES string of the molecule is COC(C)ON1C(=O)C(c2ccccc2Cl)=C(O)C12CCC1(CC2)OCCO1. The van der Waals surface area contributed by atoms with Crippen molar-refractivity contribution >= 4 is 23.1 Å². The van der Waals surface area contributed by atoms with E-state index in [1.54, 1.807) is 31.2 Å². The quantitative estimate of drug-likeness (QED) is 0.768. The summed E-state index contributed by atoms with van der Waals surface area (Å²) in [7, 11) is 1.50. The molecule has 2 spiro atoms. The highest BCUT2D eigenvalue weighted by atomic mass is 35.5. The molecule has 1 saturated heterocycles. The molecule has 0 bridgehead atoms. The molecule has 3 aliphatic rings. The summed E-state index contributed by atoms with van der Waals surface area (Å²) >= 11 is 6.32. The molecule has 28 heavy (non-hydrogen) atoms. The van der Waals surface area contributed by atoms with Crippen molar-refractivity contribution in [1.82, 2.24) is 5.06 Å². The molecule has 2 aliphatic heterocycles. The van der Waals surface area contributed by atoms with Gasteiger partial charge in [-0.2, -0.15) is 0 Å². The predicted molar refractivity (Wildman–Crippen MR) is 101 cm³/mol. The Balaban J connectivity index is 1.74. The van der Waals surface area contributed by atoms with Crippen molar-refractivity contribution in [1.29, 1.82) is 0 Å². The number of hydroxylamine groups is 2. The zero-order valence-electron chi connectivity index (χ0n) is 15.9. The van der Waals surface area contributed by atoms with Crippen molar-refractivity contribution in [2.24, 2.45) is 0 Å². The molecule has 0 radical (unpaired) electrons. The zero-order valence-corrected chi connectivity index (χ0v) is 16.7. The third-order valence-electron chi connectivity index (χ3n) is 5.85. The van der Waals surface area contributed by atoms with Gasteiger partial charge in [-0.05, 0) is 25.8 Å². The van der Waals surface area contributed by atoms with E-state index in [0.717, 1.165) is 0 Å². The van der Waals surface area contributed by atoms with Crippen LogP contribution in [0.15, 0.2) is 30.0 Å². The average Bonchev–Trinajstić information content (AvgIpc) is 3.23. The minimum atomic E-state index is -1.00. The van der Waals surface area contributed by atoms with Crippen LogP contribution < -0.4 is 0 Å². The highest BCUT2D eigenvalue weighted by Crippen LogP contribution is 2.52. The van der Waals surface area contributed by atoms with Gasteiger partial charge in [-0.15, -0.1) is 0 Å². The Labute approximate surface area is 168 Å². The van der Waals surface area contributed by atoms with Gasteiger partial charge in [-0.25, -0.2) is 9.90 Å². The first-order valence-corrected chi connectivity index (χ1v) is 9.81. The van der Waals surface area contributed by atoms with E-state index in [4.69, 9.17) is 30.6 Å². The van der Waals surface area contributed by atoms with E-state index < -0.39 is 23.5 Å². The summed E-state index contributed by atoms with van der Waals surface area (Å²) in [5.74, 6) is -1.10. The van der Waals surface area contributed by atoms with E-state index in [-0.39, 0.29) is 11.3 Å². The van der Waals surface area contributed by atoms with Crippen molar-refractivity contribution in [3.63, 3.8) is 0 Å². The van der Waals surface area contributed by atoms with Crippen molar-refractivity contribution in [2.45, 2.75) is 50.2 Å². The summed E-state index contributed by atoms with van der Waals surface area (Å²) in [4.78, 5) is 19.1. The molecule has 1 N–H and O–H groups in total. The van der Waals surface area contributed by atoms with Gasteiger partial charge in [0.25, 0.3) is 5.91 Å². The van der Waals surface area contributed by atoms with Gasteiger partial charge < -0.3 is 19.3 Å². The largest absolute Gasteiger partial charge is 0.509 e. The lowest BCUT2D eigenvalue weighted by Crippen LogP contribution is -2.54. The van der Waals surface area contributed by atoms with Gasteiger partial charge in [0.1, 0.15) is 11.3 Å². The second-order valence-corrected chi connectivity index (χ2v) is 7.76. The highest BCUT2D eigenvalue weighted by Gasteiger charge is 2.59. The number of halogens is 1. The number of nitrogens with zero attached hydrogens (tertiary/aromatic N) is 1. The third kappa shape index (κ3) is 3.02. The van der Waals surface area contributed by atoms with Crippen LogP contribution in [0.5, 0.6) is 0 Å². The van der Waals surface area contributed by atoms with E-state index in [9.17, 15) is 9.90 Å². The predicted octanol–water partition coefficient (Wildman–Crippen LogP) is 3.43. The summed E-state index contributed by atoms with van der Waals surface area (Å²) in [5.41, 5.74) is -0.354. The molecule has 1 aliphatic carbocycles. The standard InChI is InChI=1S/C20H24ClNO6/c1-13(25-2)28-22-18(24)16(14-5-3-4-6-15(14)21)17(23)19(22)7-9-20(10-8-19)26-11-12-27-20/h3-6,13,23H,7-12H2,1-2H3. The smallest absolute Gasteiger partial charge is 0.282 e. The van der Waals surface area contributed by atoms with Gasteiger partial charge in [-0.3, -0.25) is 4.79 Å². The van der Waals surface area contributed by atoms with Gasteiger partial charge >= 0.3 is 0 Å². The Kier molecular flexibility index (Phi) is 5.14. The fourth-order valence-electron chi connectivity index (χ4n) is 4.24. The van der Waals surface area contributed by atoms with E-state index in [2.05, 4.69) is 0 Å². The van der Waals surface area contributed by atoms with Crippen LogP contribution >= 0.6 is 11.6 Å². The van der Waals surface area contributed by atoms with Crippen LogP contribution in [0.25, 0.3) is 5.57 Å². The first-order valence-electron chi connectivity index (χ1n) is 9.43. The summed E-state index contributed by atoms with van der Waals surface area (Å²) in [6.07, 6.45) is 1.31. The Morgan fingerprint density at radius 1 is 1.18 bits per heavy atom. The number of rotatable bonds is 4. The number of aliphatic hydroxyl groups is 1. The Morgan fingerprint density at radius 2 is 1.82 bits per heavy atom. The first-order chi connectivity index (χ1) is 13.4. The maximum Gasteiger partial charge on any atom is 0.282 e. The second-order valence-electron chi connectivity index (χ2n) is 7.35. The van der Waals surface area contributed by atoms with Crippen LogP contribution in [0.3, 0.4) is 0 Å². The maximum atomic E-state index is 13.3. The molecular weight excluding hydrogens is 386 g/mol. The lowest BCUT2D eigenvalue weighted by atomic mass is 9.77. The number of hydrogen-bond donors (Lipinski definition) is 1. The third-order valence-corrected chi connectivity index (χ3v) is 6.18. The summed E-state index contributed by atoms with van der Waals surface area (Å²) in [6, 6.07) is 6.96. The monoisotopic (exact) mass is 409 g/mol. The molecule has 8 heteroatoms. The van der Waals surface area contributed by atoms with Gasteiger partial charge in [-0.1, -0.05) is 29.8 Å². The van der Waals surface area contributed by atoms with E-state index >= 15 is 0 Å². The van der Waals surface area contributed by atoms with E-state index in [1.165, 1.54) is 12.2 Å². The van der Waals surface area contributed by atoms with Crippen LogP contribution in [-0.2, 0) is 23.8 Å². The fraction of sp³-hybridized carbons (Fsp3) is 0.550. The van der Waals surface area contributed by atoms with Crippen molar-refractivity contribution in [3.8, 4) is 0 Å². The van der Waals surface area contributed by atoms with Crippen LogP contribution in [0.1, 0.15) is 38.2 Å². The summed E-state index contributed by atoms with van der Waals surface area (Å²) in [6.45, 7) is 2.80. The van der Waals surface area contributed by atoms with Gasteiger partial charge in [0.2, 0.25) is 0 Å².